The van der Waals surface area contributed by atoms with Crippen LogP contribution in [0.15, 0.2) is 97.3 Å². The van der Waals surface area contributed by atoms with Gasteiger partial charge in [0.15, 0.2) is 11.5 Å². The molecule has 2 heterocycles. The third-order valence-electron chi connectivity index (χ3n) is 10.4. The molecule has 0 spiro atoms. The first-order valence-electron chi connectivity index (χ1n) is 21.0. The lowest BCUT2D eigenvalue weighted by Crippen LogP contribution is -2.19. The number of ether oxygens (including phenoxy) is 4. The number of nitriles is 2. The van der Waals surface area contributed by atoms with Crippen LogP contribution in [0, 0.1) is 22.7 Å². The Morgan fingerprint density at radius 3 is 1.46 bits per heavy atom. The molecule has 368 valence electrons. The second-order valence-electron chi connectivity index (χ2n) is 16.4. The van der Waals surface area contributed by atoms with Crippen LogP contribution in [0.2, 0.25) is 10.0 Å². The summed E-state index contributed by atoms with van der Waals surface area (Å²) in [6.45, 7) is 8.90. The Hall–Kier alpha value is -5.96. The molecule has 0 unspecified atom stereocenters. The lowest BCUT2D eigenvalue weighted by atomic mass is 9.77. The lowest BCUT2D eigenvalue weighted by Gasteiger charge is -2.27. The van der Waals surface area contributed by atoms with Crippen LogP contribution in [-0.2, 0) is 49.8 Å². The van der Waals surface area contributed by atoms with Gasteiger partial charge in [-0.3, -0.25) is 4.72 Å². The van der Waals surface area contributed by atoms with Gasteiger partial charge in [-0.15, -0.1) is 23.2 Å². The number of primary sulfonamides is 1. The number of anilines is 1. The molecule has 0 aliphatic carbocycles. The normalized spacial score (nSPS) is 11.6. The summed E-state index contributed by atoms with van der Waals surface area (Å²) >= 11 is 24.2. The van der Waals surface area contributed by atoms with E-state index in [0.717, 1.165) is 28.5 Å². The molecule has 2 aromatic heterocycles. The Labute approximate surface area is 427 Å². The number of sulfonamides is 2. The highest BCUT2D eigenvalue weighted by Gasteiger charge is 2.28. The Bertz CT molecular complexity index is 2890. The highest BCUT2D eigenvalue weighted by atomic mass is 35.5. The van der Waals surface area contributed by atoms with Crippen molar-refractivity contribution < 1.29 is 35.8 Å². The summed E-state index contributed by atoms with van der Waals surface area (Å²) in [5, 5.41) is 24.9. The number of rotatable bonds is 20. The molecule has 0 saturated heterocycles. The summed E-state index contributed by atoms with van der Waals surface area (Å²) < 4.78 is 70.2. The Kier molecular flexibility index (Phi) is 19.0. The van der Waals surface area contributed by atoms with E-state index in [1.54, 1.807) is 36.4 Å². The number of nitrogens with one attached hydrogen (secondary N) is 1. The van der Waals surface area contributed by atoms with Crippen molar-refractivity contribution >= 4 is 72.4 Å². The number of hydrogen-bond acceptors (Lipinski definition) is 14. The Morgan fingerprint density at radius 2 is 1.06 bits per heavy atom. The van der Waals surface area contributed by atoms with E-state index < -0.39 is 36.6 Å². The van der Waals surface area contributed by atoms with Crippen LogP contribution in [0.3, 0.4) is 0 Å². The zero-order chi connectivity index (χ0) is 51.3. The van der Waals surface area contributed by atoms with Crippen molar-refractivity contribution in [2.24, 2.45) is 5.14 Å². The number of nitrogens with zero attached hydrogens (tertiary/aromatic N) is 6. The fraction of sp³-hybridized carbons (Fsp3) is 0.292. The second-order valence-corrected chi connectivity index (χ2v) is 21.3. The topological polar surface area (TPSA) is 242 Å². The van der Waals surface area contributed by atoms with Gasteiger partial charge in [0.2, 0.25) is 26.0 Å². The van der Waals surface area contributed by atoms with Crippen molar-refractivity contribution in [2.45, 2.75) is 57.5 Å². The number of hydrogen-bond donors (Lipinski definition) is 2. The van der Waals surface area contributed by atoms with E-state index in [4.69, 9.17) is 70.5 Å². The molecule has 0 aliphatic rings. The van der Waals surface area contributed by atoms with Crippen LogP contribution in [0.25, 0.3) is 0 Å². The molecular formula is C48H48Cl4N8O8S2. The molecule has 4 aromatic carbocycles. The average molecular weight is 1070 g/mol. The number of benzene rings is 4. The van der Waals surface area contributed by atoms with Crippen molar-refractivity contribution in [1.82, 2.24) is 19.9 Å². The maximum Gasteiger partial charge on any atom is 0.236 e. The molecule has 0 radical (unpaired) electrons. The van der Waals surface area contributed by atoms with Crippen LogP contribution in [0.4, 0.5) is 5.95 Å². The van der Waals surface area contributed by atoms with Gasteiger partial charge in [-0.05, 0) is 82.9 Å². The second kappa shape index (κ2) is 24.2. The van der Waals surface area contributed by atoms with E-state index in [1.807, 2.05) is 76.2 Å². The maximum absolute atomic E-state index is 11.4. The zero-order valence-corrected chi connectivity index (χ0v) is 43.2. The summed E-state index contributed by atoms with van der Waals surface area (Å²) in [6, 6.07) is 29.8. The summed E-state index contributed by atoms with van der Waals surface area (Å²) in [7, 11) is -7.19. The van der Waals surface area contributed by atoms with E-state index in [0.29, 0.717) is 61.4 Å². The largest absolute Gasteiger partial charge is 0.489 e. The van der Waals surface area contributed by atoms with Crippen LogP contribution in [0.5, 0.6) is 23.0 Å². The standard InChI is InChI=1S/2C24H24Cl2N4O4S/c1-24(2,18-12-16(14-27)22(21(26)13-18)33-11-9-25)17-4-6-20(7-5-17)34-15-19-8-10-28-23(29-19)30-35(3,31)32;1-24(2,18-11-16(13-27)23(21(26)12-18)33-10-8-25)17-3-5-20(6-4-17)34-14-19-7-9-29-22(30-19)15-35(28,31)32/h4-8,10,12-13H,9,11,15H2,1-3H3,(H,28,29,30);3-7,9,11-12H,8,10,14-15H2,1-2H3,(H2,28,31,32). The summed E-state index contributed by atoms with van der Waals surface area (Å²) in [5.41, 5.74) is 4.50. The van der Waals surface area contributed by atoms with Crippen LogP contribution in [-0.4, -0.2) is 68.0 Å². The first kappa shape index (κ1) is 55.0. The molecular weight excluding hydrogens is 1020 g/mol. The first-order valence-corrected chi connectivity index (χ1v) is 26.4. The zero-order valence-electron chi connectivity index (χ0n) is 38.5. The third kappa shape index (κ3) is 15.5. The van der Waals surface area contributed by atoms with E-state index in [1.165, 1.54) is 12.4 Å². The van der Waals surface area contributed by atoms with Crippen LogP contribution in [0.1, 0.15) is 78.3 Å². The fourth-order valence-electron chi connectivity index (χ4n) is 6.70. The quantitative estimate of drug-likeness (QED) is 0.0678. The van der Waals surface area contributed by atoms with Gasteiger partial charge in [-0.1, -0.05) is 75.2 Å². The summed E-state index contributed by atoms with van der Waals surface area (Å²) in [4.78, 5) is 16.1. The maximum atomic E-state index is 11.4. The van der Waals surface area contributed by atoms with E-state index in [-0.39, 0.29) is 44.1 Å². The molecule has 0 atom stereocenters. The predicted molar refractivity (Wildman–Crippen MR) is 270 cm³/mol. The Morgan fingerprint density at radius 1 is 0.629 bits per heavy atom. The molecule has 16 nitrogen and oxygen atoms in total. The van der Waals surface area contributed by atoms with Gasteiger partial charge in [0.25, 0.3) is 0 Å². The minimum Gasteiger partial charge on any atom is -0.489 e. The van der Waals surface area contributed by atoms with Gasteiger partial charge in [-0.25, -0.2) is 41.9 Å². The van der Waals surface area contributed by atoms with E-state index >= 15 is 0 Å². The molecule has 3 N–H and O–H groups in total. The van der Waals surface area contributed by atoms with Crippen LogP contribution < -0.4 is 28.8 Å². The molecule has 0 bridgehead atoms. The molecule has 0 aliphatic heterocycles. The minimum absolute atomic E-state index is 0.0137. The molecule has 6 rings (SSSR count). The van der Waals surface area contributed by atoms with E-state index in [9.17, 15) is 27.4 Å². The Balaban J connectivity index is 0.000000261. The number of aromatic nitrogens is 4. The van der Waals surface area contributed by atoms with E-state index in [2.05, 4.69) is 36.8 Å². The van der Waals surface area contributed by atoms with Crippen LogP contribution >= 0.6 is 46.4 Å². The minimum atomic E-state index is -3.72. The number of nitrogens with two attached hydrogens (primary N) is 1. The molecule has 22 heteroatoms. The van der Waals surface area contributed by atoms with Crippen molar-refractivity contribution in [3.05, 3.63) is 158 Å². The molecule has 6 aromatic rings. The highest BCUT2D eigenvalue weighted by molar-refractivity contribution is 7.92. The molecule has 0 amide bonds. The monoisotopic (exact) mass is 1070 g/mol. The molecule has 0 saturated carbocycles. The van der Waals surface area contributed by atoms with Gasteiger partial charge in [0.1, 0.15) is 61.6 Å². The SMILES string of the molecule is CC(C)(c1ccc(OCc2ccnc(CS(N)(=O)=O)n2)cc1)c1cc(Cl)c(OCCCl)c(C#N)c1.CC(C)(c1ccc(OCc2ccnc(NS(C)(=O)=O)n2)cc1)c1cc(Cl)c(OCCCl)c(C#N)c1. The van der Waals surface area contributed by atoms with Gasteiger partial charge >= 0.3 is 0 Å². The summed E-state index contributed by atoms with van der Waals surface area (Å²) in [6.07, 6.45) is 3.95. The smallest absolute Gasteiger partial charge is 0.236 e. The van der Waals surface area contributed by atoms with Crippen molar-refractivity contribution in [3.8, 4) is 35.1 Å². The summed E-state index contributed by atoms with van der Waals surface area (Å²) in [5.74, 6) is 2.11. The van der Waals surface area contributed by atoms with Crippen molar-refractivity contribution in [3.63, 3.8) is 0 Å². The fourth-order valence-corrected chi connectivity index (χ4v) is 8.33. The van der Waals surface area contributed by atoms with Crippen molar-refractivity contribution in [1.29, 1.82) is 10.5 Å². The predicted octanol–water partition coefficient (Wildman–Crippen LogP) is 9.21. The average Bonchev–Trinajstić information content (AvgIpc) is 3.31. The lowest BCUT2D eigenvalue weighted by molar-refractivity contribution is 0.300. The van der Waals surface area contributed by atoms with Crippen molar-refractivity contribution in [2.75, 3.05) is 36.0 Å². The van der Waals surface area contributed by atoms with Gasteiger partial charge < -0.3 is 18.9 Å². The van der Waals surface area contributed by atoms with Gasteiger partial charge in [0.05, 0.1) is 50.6 Å². The third-order valence-corrected chi connectivity index (χ3v) is 12.5. The van der Waals surface area contributed by atoms with Gasteiger partial charge in [0, 0.05) is 23.2 Å². The first-order chi connectivity index (χ1) is 33.1. The number of alkyl halides is 2. The molecule has 0 fully saturated rings. The van der Waals surface area contributed by atoms with Gasteiger partial charge in [-0.2, -0.15) is 10.5 Å². The highest BCUT2D eigenvalue weighted by Crippen LogP contribution is 2.40. The molecule has 70 heavy (non-hydrogen) atoms. The number of halogens is 4.